The summed E-state index contributed by atoms with van der Waals surface area (Å²) in [5.74, 6) is 2.83. The van der Waals surface area contributed by atoms with Gasteiger partial charge in [0.2, 0.25) is 10.0 Å². The second-order valence-corrected chi connectivity index (χ2v) is 14.5. The third kappa shape index (κ3) is 5.13. The molecule has 11 heteroatoms. The number of likely N-dealkylation sites (tertiary alicyclic amines) is 1. The van der Waals surface area contributed by atoms with Gasteiger partial charge in [0.05, 0.1) is 17.0 Å². The van der Waals surface area contributed by atoms with Gasteiger partial charge in [0.25, 0.3) is 0 Å². The van der Waals surface area contributed by atoms with Gasteiger partial charge in [0.15, 0.2) is 11.0 Å². The Hall–Kier alpha value is -2.66. The van der Waals surface area contributed by atoms with E-state index in [1.807, 2.05) is 44.3 Å². The lowest BCUT2D eigenvalue weighted by molar-refractivity contribution is 0.299. The van der Waals surface area contributed by atoms with Gasteiger partial charge in [0, 0.05) is 54.5 Å². The Morgan fingerprint density at radius 1 is 1.07 bits per heavy atom. The fraction of sp³-hybridized carbons (Fsp3) is 0.433. The van der Waals surface area contributed by atoms with Crippen molar-refractivity contribution in [1.29, 1.82) is 0 Å². The molecule has 0 amide bonds. The van der Waals surface area contributed by atoms with Crippen LogP contribution in [0.1, 0.15) is 30.5 Å². The SMILES string of the molecule is Cc1ccc2c(-c3nnc(SCCCN4C[C@H]5C[C@@]5(c5ccc(N6CCCS6(=O)=O)cc5)C4)n3C)cccc2n1.Cl. The molecular weight excluding hydrogens is 576 g/mol. The summed E-state index contributed by atoms with van der Waals surface area (Å²) < 4.78 is 28.2. The van der Waals surface area contributed by atoms with Gasteiger partial charge in [-0.05, 0) is 68.5 Å². The Labute approximate surface area is 252 Å². The van der Waals surface area contributed by atoms with E-state index in [-0.39, 0.29) is 23.6 Å². The Balaban J connectivity index is 0.00000302. The van der Waals surface area contributed by atoms with Crippen molar-refractivity contribution in [2.24, 2.45) is 13.0 Å². The Morgan fingerprint density at radius 2 is 1.90 bits per heavy atom. The molecule has 2 saturated heterocycles. The van der Waals surface area contributed by atoms with Crippen LogP contribution in [-0.2, 0) is 22.5 Å². The molecular formula is C30H35ClN6O2S2. The molecule has 0 N–H and O–H groups in total. The van der Waals surface area contributed by atoms with Gasteiger partial charge in [-0.1, -0.05) is 42.1 Å². The van der Waals surface area contributed by atoms with Crippen molar-refractivity contribution in [3.05, 3.63) is 65.9 Å². The van der Waals surface area contributed by atoms with Crippen LogP contribution >= 0.6 is 24.2 Å². The standard InChI is InChI=1S/C30H34N6O2S2.ClH/c1-21-8-13-25-26(6-3-7-27(25)31-21)28-32-33-29(34(28)2)39-16-4-14-35-19-23-18-30(23,20-35)22-9-11-24(12-10-22)36-15-5-17-40(36,37)38;/h3,6-13,23H,4-5,14-20H2,1-2H3;1H/t23-,30+;/m1./s1. The van der Waals surface area contributed by atoms with Crippen molar-refractivity contribution in [3.63, 3.8) is 0 Å². The average molecular weight is 611 g/mol. The van der Waals surface area contributed by atoms with E-state index in [0.29, 0.717) is 18.9 Å². The predicted molar refractivity (Wildman–Crippen MR) is 167 cm³/mol. The van der Waals surface area contributed by atoms with Crippen molar-refractivity contribution in [2.45, 2.75) is 36.8 Å². The molecule has 0 radical (unpaired) electrons. The monoisotopic (exact) mass is 610 g/mol. The molecule has 0 spiro atoms. The molecule has 2 aliphatic heterocycles. The number of thioether (sulfide) groups is 1. The van der Waals surface area contributed by atoms with Crippen LogP contribution in [-0.4, -0.2) is 70.8 Å². The van der Waals surface area contributed by atoms with Crippen LogP contribution in [0.15, 0.2) is 59.8 Å². The van der Waals surface area contributed by atoms with Gasteiger partial charge in [-0.3, -0.25) is 9.29 Å². The molecule has 7 rings (SSSR count). The fourth-order valence-electron chi connectivity index (χ4n) is 6.67. The van der Waals surface area contributed by atoms with Crippen LogP contribution in [0.3, 0.4) is 0 Å². The summed E-state index contributed by atoms with van der Waals surface area (Å²) in [4.78, 5) is 7.26. The van der Waals surface area contributed by atoms with E-state index < -0.39 is 10.0 Å². The predicted octanol–water partition coefficient (Wildman–Crippen LogP) is 5.06. The molecule has 2 aromatic carbocycles. The van der Waals surface area contributed by atoms with E-state index >= 15 is 0 Å². The second kappa shape index (κ2) is 10.9. The van der Waals surface area contributed by atoms with Crippen LogP contribution in [0.25, 0.3) is 22.3 Å². The number of piperidine rings is 1. The highest BCUT2D eigenvalue weighted by molar-refractivity contribution is 7.99. The first kappa shape index (κ1) is 28.5. The maximum absolute atomic E-state index is 12.3. The lowest BCUT2D eigenvalue weighted by Crippen LogP contribution is -2.28. The van der Waals surface area contributed by atoms with Gasteiger partial charge in [-0.25, -0.2) is 8.42 Å². The largest absolute Gasteiger partial charge is 0.305 e. The van der Waals surface area contributed by atoms with Crippen LogP contribution in [0.2, 0.25) is 0 Å². The van der Waals surface area contributed by atoms with Crippen molar-refractivity contribution in [3.8, 4) is 11.4 Å². The quantitative estimate of drug-likeness (QED) is 0.204. The zero-order valence-corrected chi connectivity index (χ0v) is 25.8. The molecule has 2 aromatic heterocycles. The summed E-state index contributed by atoms with van der Waals surface area (Å²) in [6, 6.07) is 18.7. The highest BCUT2D eigenvalue weighted by atomic mass is 35.5. The minimum atomic E-state index is -3.13. The molecule has 8 nitrogen and oxygen atoms in total. The first-order valence-corrected chi connectivity index (χ1v) is 16.7. The average Bonchev–Trinajstić information content (AvgIpc) is 3.18. The maximum Gasteiger partial charge on any atom is 0.235 e. The van der Waals surface area contributed by atoms with Crippen LogP contribution in [0, 0.1) is 12.8 Å². The molecule has 4 aromatic rings. The highest BCUT2D eigenvalue weighted by Gasteiger charge is 2.60. The molecule has 3 aliphatic rings. The minimum Gasteiger partial charge on any atom is -0.305 e. The topological polar surface area (TPSA) is 84.2 Å². The Bertz CT molecular complexity index is 1690. The summed E-state index contributed by atoms with van der Waals surface area (Å²) in [5, 5.41) is 11.1. The van der Waals surface area contributed by atoms with Gasteiger partial charge >= 0.3 is 0 Å². The van der Waals surface area contributed by atoms with Gasteiger partial charge < -0.3 is 9.47 Å². The molecule has 216 valence electrons. The van der Waals surface area contributed by atoms with Crippen LogP contribution < -0.4 is 4.31 Å². The summed E-state index contributed by atoms with van der Waals surface area (Å²) >= 11 is 1.77. The number of anilines is 1. The first-order chi connectivity index (χ1) is 19.3. The third-order valence-corrected chi connectivity index (χ3v) is 11.8. The summed E-state index contributed by atoms with van der Waals surface area (Å²) in [6.07, 6.45) is 3.05. The fourth-order valence-corrected chi connectivity index (χ4v) is 9.07. The van der Waals surface area contributed by atoms with Crippen LogP contribution in [0.5, 0.6) is 0 Å². The number of sulfonamides is 1. The molecule has 1 aliphatic carbocycles. The third-order valence-electron chi connectivity index (χ3n) is 8.84. The Morgan fingerprint density at radius 3 is 2.68 bits per heavy atom. The van der Waals surface area contributed by atoms with Gasteiger partial charge in [-0.2, -0.15) is 0 Å². The van der Waals surface area contributed by atoms with Gasteiger partial charge in [0.1, 0.15) is 0 Å². The number of nitrogens with zero attached hydrogens (tertiary/aromatic N) is 6. The number of pyridine rings is 1. The van der Waals surface area contributed by atoms with Crippen molar-refractivity contribution in [2.75, 3.05) is 42.0 Å². The molecule has 0 bridgehead atoms. The van der Waals surface area contributed by atoms with Crippen LogP contribution in [0.4, 0.5) is 5.69 Å². The van der Waals surface area contributed by atoms with E-state index in [4.69, 9.17) is 0 Å². The zero-order valence-electron chi connectivity index (χ0n) is 23.4. The van der Waals surface area contributed by atoms with E-state index in [0.717, 1.165) is 70.6 Å². The van der Waals surface area contributed by atoms with Crippen molar-refractivity contribution >= 4 is 50.8 Å². The number of rotatable bonds is 8. The lowest BCUT2D eigenvalue weighted by atomic mass is 9.95. The zero-order chi connectivity index (χ0) is 27.5. The molecule has 4 heterocycles. The highest BCUT2D eigenvalue weighted by Crippen LogP contribution is 2.59. The number of halogens is 1. The minimum absolute atomic E-state index is 0. The van der Waals surface area contributed by atoms with Crippen molar-refractivity contribution < 1.29 is 8.42 Å². The number of benzene rings is 2. The number of hydrogen-bond acceptors (Lipinski definition) is 7. The van der Waals surface area contributed by atoms with Crippen molar-refractivity contribution in [1.82, 2.24) is 24.6 Å². The smallest absolute Gasteiger partial charge is 0.235 e. The molecule has 1 saturated carbocycles. The maximum atomic E-state index is 12.3. The number of aryl methyl sites for hydroxylation is 1. The van der Waals surface area contributed by atoms with E-state index in [1.165, 1.54) is 12.0 Å². The van der Waals surface area contributed by atoms with Gasteiger partial charge in [-0.15, -0.1) is 22.6 Å². The summed E-state index contributed by atoms with van der Waals surface area (Å²) in [6.45, 7) is 5.92. The molecule has 41 heavy (non-hydrogen) atoms. The first-order valence-electron chi connectivity index (χ1n) is 14.1. The summed E-state index contributed by atoms with van der Waals surface area (Å²) in [5.41, 5.74) is 5.46. The molecule has 0 unspecified atom stereocenters. The second-order valence-electron chi connectivity index (χ2n) is 11.5. The number of hydrogen-bond donors (Lipinski definition) is 0. The van der Waals surface area contributed by atoms with E-state index in [1.54, 1.807) is 16.1 Å². The normalized spacial score (nSPS) is 23.1. The number of aromatic nitrogens is 4. The molecule has 2 atom stereocenters. The Kier molecular flexibility index (Phi) is 7.55. The lowest BCUT2D eigenvalue weighted by Gasteiger charge is -2.22. The summed E-state index contributed by atoms with van der Waals surface area (Å²) in [7, 11) is -1.09. The van der Waals surface area contributed by atoms with E-state index in [2.05, 4.69) is 48.9 Å². The number of fused-ring (bicyclic) bond motifs is 2. The molecule has 3 fully saturated rings. The van der Waals surface area contributed by atoms with E-state index in [9.17, 15) is 8.42 Å².